The van der Waals surface area contributed by atoms with Crippen molar-refractivity contribution in [2.24, 2.45) is 0 Å². The highest BCUT2D eigenvalue weighted by molar-refractivity contribution is 5.93. The van der Waals surface area contributed by atoms with E-state index in [1.165, 1.54) is 33.3 Å². The minimum absolute atomic E-state index is 0.0533. The summed E-state index contributed by atoms with van der Waals surface area (Å²) in [5, 5.41) is 16.0. The number of nitrogens with zero attached hydrogens (tertiary/aromatic N) is 2. The Labute approximate surface area is 137 Å². The molecule has 10 heteroatoms. The van der Waals surface area contributed by atoms with Gasteiger partial charge in [0.15, 0.2) is 6.61 Å². The second-order valence-corrected chi connectivity index (χ2v) is 4.74. The molecule has 2 amide bonds. The van der Waals surface area contributed by atoms with Gasteiger partial charge in [0.25, 0.3) is 11.6 Å². The first-order valence-electron chi connectivity index (χ1n) is 6.88. The Hall–Kier alpha value is -3.17. The van der Waals surface area contributed by atoms with Crippen molar-refractivity contribution in [3.63, 3.8) is 0 Å². The summed E-state index contributed by atoms with van der Waals surface area (Å²) in [6.45, 7) is -0.747. The molecule has 0 fully saturated rings. The molecular weight excluding hydrogens is 320 g/mol. The molecule has 0 saturated heterocycles. The van der Waals surface area contributed by atoms with Crippen LogP contribution in [0.1, 0.15) is 10.4 Å². The molecule has 0 aliphatic rings. The molecule has 1 aromatic rings. The van der Waals surface area contributed by atoms with Gasteiger partial charge in [0, 0.05) is 27.2 Å². The maximum atomic E-state index is 11.9. The van der Waals surface area contributed by atoms with Crippen LogP contribution in [0, 0.1) is 10.1 Å². The van der Waals surface area contributed by atoms with Gasteiger partial charge in [-0.2, -0.15) is 0 Å². The standard InChI is InChI=1S/C14H18N4O6/c1-15-10-5-4-9(6-11(10)18(22)23)14(21)24-8-13(20)17(3)7-12(19)16-2/h4-6,15H,7-8H2,1-3H3,(H,16,19). The van der Waals surface area contributed by atoms with Crippen LogP contribution in [0.15, 0.2) is 18.2 Å². The van der Waals surface area contributed by atoms with Gasteiger partial charge in [0.2, 0.25) is 5.91 Å². The molecule has 1 rings (SSSR count). The summed E-state index contributed by atoms with van der Waals surface area (Å²) in [4.78, 5) is 46.2. The summed E-state index contributed by atoms with van der Waals surface area (Å²) in [6, 6.07) is 3.78. The molecule has 2 N–H and O–H groups in total. The Bertz CT molecular complexity index is 661. The van der Waals surface area contributed by atoms with E-state index in [1.54, 1.807) is 0 Å². The number of hydrogen-bond acceptors (Lipinski definition) is 7. The van der Waals surface area contributed by atoms with Crippen molar-refractivity contribution in [2.45, 2.75) is 0 Å². The van der Waals surface area contributed by atoms with Crippen molar-refractivity contribution in [3.05, 3.63) is 33.9 Å². The topological polar surface area (TPSA) is 131 Å². The van der Waals surface area contributed by atoms with E-state index in [4.69, 9.17) is 4.74 Å². The van der Waals surface area contributed by atoms with E-state index in [-0.39, 0.29) is 29.4 Å². The summed E-state index contributed by atoms with van der Waals surface area (Å²) in [7, 11) is 4.33. The average molecular weight is 338 g/mol. The Balaban J connectivity index is 2.72. The maximum Gasteiger partial charge on any atom is 0.338 e. The number of rotatable bonds is 7. The number of anilines is 1. The number of nitro benzene ring substituents is 1. The van der Waals surface area contributed by atoms with Crippen molar-refractivity contribution in [3.8, 4) is 0 Å². The number of nitrogens with one attached hydrogen (secondary N) is 2. The first-order chi connectivity index (χ1) is 11.3. The molecule has 0 aliphatic heterocycles. The fourth-order valence-corrected chi connectivity index (χ4v) is 1.72. The number of esters is 1. The van der Waals surface area contributed by atoms with E-state index in [0.29, 0.717) is 0 Å². The van der Waals surface area contributed by atoms with Gasteiger partial charge in [0.05, 0.1) is 17.0 Å². The highest BCUT2D eigenvalue weighted by Crippen LogP contribution is 2.25. The Kier molecular flexibility index (Phi) is 6.65. The van der Waals surface area contributed by atoms with Crippen LogP contribution in [0.2, 0.25) is 0 Å². The zero-order chi connectivity index (χ0) is 18.3. The average Bonchev–Trinajstić information content (AvgIpc) is 2.58. The lowest BCUT2D eigenvalue weighted by Crippen LogP contribution is -2.39. The van der Waals surface area contributed by atoms with E-state index >= 15 is 0 Å². The molecule has 0 bridgehead atoms. The molecule has 0 aliphatic carbocycles. The van der Waals surface area contributed by atoms with Crippen molar-refractivity contribution < 1.29 is 24.0 Å². The van der Waals surface area contributed by atoms with Gasteiger partial charge < -0.3 is 20.3 Å². The molecule has 0 spiro atoms. The molecule has 24 heavy (non-hydrogen) atoms. The number of carbonyl (C=O) groups excluding carboxylic acids is 3. The van der Waals surface area contributed by atoms with Crippen LogP contribution in [0.5, 0.6) is 0 Å². The molecule has 0 unspecified atom stereocenters. The fourth-order valence-electron chi connectivity index (χ4n) is 1.72. The second-order valence-electron chi connectivity index (χ2n) is 4.74. The van der Waals surface area contributed by atoms with Crippen LogP contribution in [-0.4, -0.2) is 61.9 Å². The number of carbonyl (C=O) groups is 3. The summed E-state index contributed by atoms with van der Waals surface area (Å²) in [6.07, 6.45) is 0. The van der Waals surface area contributed by atoms with Gasteiger partial charge in [-0.1, -0.05) is 0 Å². The van der Waals surface area contributed by atoms with E-state index in [2.05, 4.69) is 10.6 Å². The minimum Gasteiger partial charge on any atom is -0.452 e. The van der Waals surface area contributed by atoms with E-state index in [9.17, 15) is 24.5 Å². The van der Waals surface area contributed by atoms with Crippen molar-refractivity contribution in [1.29, 1.82) is 0 Å². The lowest BCUT2D eigenvalue weighted by atomic mass is 10.1. The van der Waals surface area contributed by atoms with Crippen molar-refractivity contribution >= 4 is 29.2 Å². The Morgan fingerprint density at radius 1 is 1.29 bits per heavy atom. The quantitative estimate of drug-likeness (QED) is 0.406. The maximum absolute atomic E-state index is 11.9. The number of amides is 2. The second kappa shape index (κ2) is 8.46. The van der Waals surface area contributed by atoms with Crippen LogP contribution in [0.3, 0.4) is 0 Å². The van der Waals surface area contributed by atoms with Crippen molar-refractivity contribution in [1.82, 2.24) is 10.2 Å². The van der Waals surface area contributed by atoms with Gasteiger partial charge in [-0.3, -0.25) is 19.7 Å². The predicted octanol–water partition coefficient (Wildman–Crippen LogP) is -0.00230. The molecule has 0 radical (unpaired) electrons. The normalized spacial score (nSPS) is 9.79. The first kappa shape index (κ1) is 18.9. The summed E-state index contributed by atoms with van der Waals surface area (Å²) < 4.78 is 4.83. The molecule has 130 valence electrons. The smallest absolute Gasteiger partial charge is 0.338 e. The number of ether oxygens (including phenoxy) is 1. The highest BCUT2D eigenvalue weighted by Gasteiger charge is 2.19. The molecule has 0 aromatic heterocycles. The molecule has 0 heterocycles. The predicted molar refractivity (Wildman–Crippen MR) is 84.6 cm³/mol. The molecule has 0 saturated carbocycles. The van der Waals surface area contributed by atoms with E-state index < -0.39 is 23.4 Å². The van der Waals surface area contributed by atoms with Crippen LogP contribution < -0.4 is 10.6 Å². The summed E-state index contributed by atoms with van der Waals surface area (Å²) >= 11 is 0. The van der Waals surface area contributed by atoms with E-state index in [0.717, 1.165) is 11.0 Å². The van der Waals surface area contributed by atoms with Gasteiger partial charge in [-0.05, 0) is 12.1 Å². The number of likely N-dealkylation sites (N-methyl/N-ethyl adjacent to an activating group) is 2. The third-order valence-electron chi connectivity index (χ3n) is 3.11. The van der Waals surface area contributed by atoms with Crippen LogP contribution in [-0.2, 0) is 14.3 Å². The Morgan fingerprint density at radius 3 is 2.50 bits per heavy atom. The lowest BCUT2D eigenvalue weighted by Gasteiger charge is -2.15. The molecule has 0 atom stereocenters. The van der Waals surface area contributed by atoms with Crippen molar-refractivity contribution in [2.75, 3.05) is 39.6 Å². The molecular formula is C14H18N4O6. The lowest BCUT2D eigenvalue weighted by molar-refractivity contribution is -0.384. The SMILES string of the molecule is CNC(=O)CN(C)C(=O)COC(=O)c1ccc(NC)c([N+](=O)[O-])c1. The Morgan fingerprint density at radius 2 is 1.96 bits per heavy atom. The zero-order valence-electron chi connectivity index (χ0n) is 13.5. The monoisotopic (exact) mass is 338 g/mol. The molecule has 10 nitrogen and oxygen atoms in total. The fraction of sp³-hybridized carbons (Fsp3) is 0.357. The summed E-state index contributed by atoms with van der Waals surface area (Å²) in [5.41, 5.74) is -0.0876. The zero-order valence-corrected chi connectivity index (χ0v) is 13.5. The van der Waals surface area contributed by atoms with Gasteiger partial charge >= 0.3 is 5.97 Å². The van der Waals surface area contributed by atoms with Crippen LogP contribution in [0.25, 0.3) is 0 Å². The van der Waals surface area contributed by atoms with Crippen LogP contribution in [0.4, 0.5) is 11.4 Å². The summed E-state index contributed by atoms with van der Waals surface area (Å²) in [5.74, 6) is -1.81. The van der Waals surface area contributed by atoms with Gasteiger partial charge in [0.1, 0.15) is 5.69 Å². The van der Waals surface area contributed by atoms with Crippen LogP contribution >= 0.6 is 0 Å². The highest BCUT2D eigenvalue weighted by atomic mass is 16.6. The third-order valence-corrected chi connectivity index (χ3v) is 3.11. The van der Waals surface area contributed by atoms with Gasteiger partial charge in [-0.25, -0.2) is 4.79 Å². The van der Waals surface area contributed by atoms with Gasteiger partial charge in [-0.15, -0.1) is 0 Å². The largest absolute Gasteiger partial charge is 0.452 e. The third kappa shape index (κ3) is 4.93. The number of nitro groups is 1. The molecule has 1 aromatic carbocycles. The first-order valence-corrected chi connectivity index (χ1v) is 6.88. The number of hydrogen-bond donors (Lipinski definition) is 2. The minimum atomic E-state index is -0.873. The van der Waals surface area contributed by atoms with E-state index in [1.807, 2.05) is 0 Å². The number of benzene rings is 1.